The van der Waals surface area contributed by atoms with E-state index >= 15 is 0 Å². The molecule has 1 fully saturated rings. The van der Waals surface area contributed by atoms with Crippen molar-refractivity contribution in [2.75, 3.05) is 38.3 Å². The molecule has 1 aromatic rings. The molecule has 3 rings (SSSR count). The van der Waals surface area contributed by atoms with Crippen LogP contribution >= 0.6 is 0 Å². The largest absolute Gasteiger partial charge is 0.479 e. The first-order chi connectivity index (χ1) is 17.3. The Morgan fingerprint density at radius 2 is 1.95 bits per heavy atom. The zero-order valence-corrected chi connectivity index (χ0v) is 23.6. The van der Waals surface area contributed by atoms with E-state index in [2.05, 4.69) is 0 Å². The number of carbonyl (C=O) groups is 3. The lowest BCUT2D eigenvalue weighted by Crippen LogP contribution is -2.54. The van der Waals surface area contributed by atoms with E-state index in [4.69, 9.17) is 14.2 Å². The lowest BCUT2D eigenvalue weighted by Gasteiger charge is -2.42. The molecular weight excluding hydrogens is 474 g/mol. The van der Waals surface area contributed by atoms with Gasteiger partial charge in [0.2, 0.25) is 0 Å². The number of fused-ring (bicyclic) bond motifs is 1. The van der Waals surface area contributed by atoms with Crippen LogP contribution in [0.4, 0.5) is 10.5 Å². The Kier molecular flexibility index (Phi) is 9.10. The molecule has 206 valence electrons. The van der Waals surface area contributed by atoms with Crippen molar-refractivity contribution in [2.45, 2.75) is 91.5 Å². The second-order valence-corrected chi connectivity index (χ2v) is 11.3. The van der Waals surface area contributed by atoms with E-state index in [1.165, 1.54) is 0 Å². The fraction of sp³-hybridized carbons (Fsp3) is 0.679. The van der Waals surface area contributed by atoms with Gasteiger partial charge in [-0.05, 0) is 85.4 Å². The van der Waals surface area contributed by atoms with Crippen LogP contribution in [-0.4, -0.2) is 84.8 Å². The summed E-state index contributed by atoms with van der Waals surface area (Å²) in [7, 11) is 1.63. The van der Waals surface area contributed by atoms with Crippen LogP contribution in [0.2, 0.25) is 0 Å². The average Bonchev–Trinajstić information content (AvgIpc) is 2.80. The van der Waals surface area contributed by atoms with E-state index < -0.39 is 11.7 Å². The van der Waals surface area contributed by atoms with Crippen molar-refractivity contribution in [2.24, 2.45) is 0 Å². The van der Waals surface area contributed by atoms with Crippen molar-refractivity contribution in [1.82, 2.24) is 9.80 Å². The summed E-state index contributed by atoms with van der Waals surface area (Å²) in [5.74, 6) is 0.351. The number of rotatable bonds is 7. The highest BCUT2D eigenvalue weighted by Crippen LogP contribution is 2.37. The lowest BCUT2D eigenvalue weighted by atomic mass is 9.98. The molecular formula is C28H43N3O6. The van der Waals surface area contributed by atoms with Gasteiger partial charge in [-0.15, -0.1) is 0 Å². The van der Waals surface area contributed by atoms with Crippen LogP contribution in [0.25, 0.3) is 0 Å². The average molecular weight is 518 g/mol. The zero-order chi connectivity index (χ0) is 27.5. The molecule has 0 N–H and O–H groups in total. The third-order valence-corrected chi connectivity index (χ3v) is 6.71. The van der Waals surface area contributed by atoms with E-state index in [-0.39, 0.29) is 30.0 Å². The Hall–Kier alpha value is -2.81. The second-order valence-electron chi connectivity index (χ2n) is 11.3. The number of amides is 3. The van der Waals surface area contributed by atoms with Crippen LogP contribution in [0.1, 0.15) is 76.7 Å². The molecule has 0 bridgehead atoms. The number of aryl methyl sites for hydroxylation is 1. The van der Waals surface area contributed by atoms with Gasteiger partial charge in [0.05, 0.1) is 11.7 Å². The standard InChI is InChI=1S/C28H43N3O6/c1-18(2)31(21-11-9-12-29(17-21)27(34)37-28(5,6)7)26(33)22-16-23-24(15-19(22)3)36-20(4)25(32)30(23)13-10-14-35-8/h15-16,18,20-21H,9-14,17H2,1-8H3/t20-,21-/m1/s1. The molecule has 2 aliphatic heterocycles. The summed E-state index contributed by atoms with van der Waals surface area (Å²) in [4.78, 5) is 45.0. The maximum absolute atomic E-state index is 14.0. The smallest absolute Gasteiger partial charge is 0.410 e. The quantitative estimate of drug-likeness (QED) is 0.499. The number of nitrogens with zero attached hydrogens (tertiary/aromatic N) is 3. The van der Waals surface area contributed by atoms with Gasteiger partial charge in [-0.2, -0.15) is 0 Å². The minimum absolute atomic E-state index is 0.0813. The van der Waals surface area contributed by atoms with Crippen LogP contribution in [-0.2, 0) is 14.3 Å². The van der Waals surface area contributed by atoms with E-state index in [0.29, 0.717) is 49.7 Å². The van der Waals surface area contributed by atoms with E-state index in [1.54, 1.807) is 29.9 Å². The maximum atomic E-state index is 14.0. The van der Waals surface area contributed by atoms with Gasteiger partial charge >= 0.3 is 6.09 Å². The third kappa shape index (κ3) is 6.74. The minimum Gasteiger partial charge on any atom is -0.479 e. The predicted octanol–water partition coefficient (Wildman–Crippen LogP) is 4.40. The number of carbonyl (C=O) groups excluding carboxylic acids is 3. The number of ether oxygens (including phenoxy) is 3. The van der Waals surface area contributed by atoms with Crippen molar-refractivity contribution >= 4 is 23.6 Å². The number of hydrogen-bond acceptors (Lipinski definition) is 6. The van der Waals surface area contributed by atoms with Crippen molar-refractivity contribution < 1.29 is 28.6 Å². The summed E-state index contributed by atoms with van der Waals surface area (Å²) in [6.07, 6.45) is 1.32. The predicted molar refractivity (Wildman–Crippen MR) is 142 cm³/mol. The number of likely N-dealkylation sites (tertiary alicyclic amines) is 1. The molecule has 2 atom stereocenters. The molecule has 2 heterocycles. The maximum Gasteiger partial charge on any atom is 0.410 e. The van der Waals surface area contributed by atoms with Crippen molar-refractivity contribution in [1.29, 1.82) is 0 Å². The van der Waals surface area contributed by atoms with Crippen LogP contribution < -0.4 is 9.64 Å². The monoisotopic (exact) mass is 517 g/mol. The SMILES string of the molecule is COCCCN1C(=O)[C@@H](C)Oc2cc(C)c(C(=O)N(C(C)C)[C@@H]3CCCN(C(=O)OC(C)(C)C)C3)cc21. The Bertz CT molecular complexity index is 1000. The van der Waals surface area contributed by atoms with Gasteiger partial charge < -0.3 is 28.9 Å². The number of piperidine rings is 1. The Morgan fingerprint density at radius 1 is 1.24 bits per heavy atom. The van der Waals surface area contributed by atoms with Gasteiger partial charge in [0.1, 0.15) is 11.4 Å². The molecule has 9 nitrogen and oxygen atoms in total. The van der Waals surface area contributed by atoms with E-state index in [1.807, 2.05) is 52.5 Å². The molecule has 1 aromatic carbocycles. The van der Waals surface area contributed by atoms with Gasteiger partial charge in [0.15, 0.2) is 6.10 Å². The first-order valence-electron chi connectivity index (χ1n) is 13.3. The first kappa shape index (κ1) is 28.8. The summed E-state index contributed by atoms with van der Waals surface area (Å²) >= 11 is 0. The van der Waals surface area contributed by atoms with Crippen LogP contribution in [0.5, 0.6) is 5.75 Å². The van der Waals surface area contributed by atoms with Gasteiger partial charge in [-0.25, -0.2) is 4.79 Å². The molecule has 3 amide bonds. The highest BCUT2D eigenvalue weighted by atomic mass is 16.6. The van der Waals surface area contributed by atoms with E-state index in [0.717, 1.165) is 18.4 Å². The number of benzene rings is 1. The summed E-state index contributed by atoms with van der Waals surface area (Å²) < 4.78 is 16.7. The first-order valence-corrected chi connectivity index (χ1v) is 13.3. The van der Waals surface area contributed by atoms with Crippen LogP contribution in [0.15, 0.2) is 12.1 Å². The molecule has 0 aliphatic carbocycles. The van der Waals surface area contributed by atoms with Gasteiger partial charge in [0, 0.05) is 45.0 Å². The molecule has 9 heteroatoms. The van der Waals surface area contributed by atoms with Crippen molar-refractivity contribution in [3.05, 3.63) is 23.3 Å². The summed E-state index contributed by atoms with van der Waals surface area (Å²) in [5.41, 5.74) is 1.34. The topological polar surface area (TPSA) is 88.6 Å². The number of hydrogen-bond donors (Lipinski definition) is 0. The lowest BCUT2D eigenvalue weighted by molar-refractivity contribution is -0.125. The van der Waals surface area contributed by atoms with Crippen molar-refractivity contribution in [3.63, 3.8) is 0 Å². The number of anilines is 1. The zero-order valence-electron chi connectivity index (χ0n) is 23.6. The minimum atomic E-state index is -0.593. The molecule has 1 saturated heterocycles. The highest BCUT2D eigenvalue weighted by molar-refractivity contribution is 6.03. The molecule has 0 aromatic heterocycles. The fourth-order valence-corrected chi connectivity index (χ4v) is 5.02. The van der Waals surface area contributed by atoms with Crippen molar-refractivity contribution in [3.8, 4) is 5.75 Å². The molecule has 0 radical (unpaired) electrons. The summed E-state index contributed by atoms with van der Waals surface area (Å²) in [6.45, 7) is 15.2. The second kappa shape index (κ2) is 11.7. The molecule has 0 unspecified atom stereocenters. The van der Waals surface area contributed by atoms with Gasteiger partial charge in [-0.1, -0.05) is 0 Å². The molecule has 2 aliphatic rings. The number of methoxy groups -OCH3 is 1. The van der Waals surface area contributed by atoms with Crippen LogP contribution in [0, 0.1) is 6.92 Å². The third-order valence-electron chi connectivity index (χ3n) is 6.71. The highest BCUT2D eigenvalue weighted by Gasteiger charge is 2.37. The van der Waals surface area contributed by atoms with Gasteiger partial charge in [-0.3, -0.25) is 9.59 Å². The Morgan fingerprint density at radius 3 is 2.57 bits per heavy atom. The fourth-order valence-electron chi connectivity index (χ4n) is 5.02. The van der Waals surface area contributed by atoms with E-state index in [9.17, 15) is 14.4 Å². The normalized spacial score (nSPS) is 20.0. The van der Waals surface area contributed by atoms with Gasteiger partial charge in [0.25, 0.3) is 11.8 Å². The molecule has 0 spiro atoms. The Labute approximate surface area is 221 Å². The summed E-state index contributed by atoms with van der Waals surface area (Å²) in [5, 5.41) is 0. The van der Waals surface area contributed by atoms with Crippen LogP contribution in [0.3, 0.4) is 0 Å². The Balaban J connectivity index is 1.90. The molecule has 0 saturated carbocycles. The summed E-state index contributed by atoms with van der Waals surface area (Å²) in [6, 6.07) is 3.41. The molecule has 37 heavy (non-hydrogen) atoms.